The molecule has 0 bridgehead atoms. The number of aromatic nitrogens is 2. The van der Waals surface area contributed by atoms with E-state index < -0.39 is 0 Å². The Hall–Kier alpha value is -1.36. The first kappa shape index (κ1) is 13.7. The first-order valence-electron chi connectivity index (χ1n) is 5.99. The molecule has 17 heavy (non-hydrogen) atoms. The quantitative estimate of drug-likeness (QED) is 0.717. The molecule has 0 unspecified atom stereocenters. The third-order valence-electron chi connectivity index (χ3n) is 2.58. The molecular formula is C12H21N3O2. The van der Waals surface area contributed by atoms with Crippen LogP contribution in [0.5, 0.6) is 0 Å². The maximum Gasteiger partial charge on any atom is 0.251 e. The van der Waals surface area contributed by atoms with Gasteiger partial charge in [0.1, 0.15) is 6.10 Å². The molecule has 1 aromatic heterocycles. The summed E-state index contributed by atoms with van der Waals surface area (Å²) in [4.78, 5) is 13.5. The number of hydrogen-bond acceptors (Lipinski definition) is 3. The van der Waals surface area contributed by atoms with Crippen LogP contribution >= 0.6 is 0 Å². The van der Waals surface area contributed by atoms with Gasteiger partial charge in [0.05, 0.1) is 0 Å². The summed E-state index contributed by atoms with van der Waals surface area (Å²) in [6.45, 7) is 5.79. The van der Waals surface area contributed by atoms with Crippen molar-refractivity contribution in [1.82, 2.24) is 14.7 Å². The van der Waals surface area contributed by atoms with Crippen molar-refractivity contribution < 1.29 is 9.53 Å². The van der Waals surface area contributed by atoms with E-state index >= 15 is 0 Å². The molecule has 0 saturated heterocycles. The summed E-state index contributed by atoms with van der Waals surface area (Å²) in [5.74, 6) is 0.0346. The summed E-state index contributed by atoms with van der Waals surface area (Å²) in [6.07, 6.45) is 4.22. The van der Waals surface area contributed by atoms with Crippen LogP contribution in [0.1, 0.15) is 20.3 Å². The second kappa shape index (κ2) is 7.06. The monoisotopic (exact) mass is 239 g/mol. The SMILES string of the molecule is CCO[C@H](C)C(=O)N(C)CCCn1cccn1. The van der Waals surface area contributed by atoms with Crippen LogP contribution in [-0.4, -0.2) is 46.9 Å². The molecule has 0 saturated carbocycles. The number of hydrogen-bond donors (Lipinski definition) is 0. The molecule has 1 rings (SSSR count). The van der Waals surface area contributed by atoms with E-state index in [4.69, 9.17) is 4.74 Å². The highest BCUT2D eigenvalue weighted by molar-refractivity contribution is 5.80. The van der Waals surface area contributed by atoms with Gasteiger partial charge in [0.15, 0.2) is 0 Å². The minimum absolute atomic E-state index is 0.0346. The smallest absolute Gasteiger partial charge is 0.251 e. The molecule has 1 heterocycles. The Morgan fingerprint density at radius 3 is 2.94 bits per heavy atom. The zero-order valence-electron chi connectivity index (χ0n) is 10.8. The molecule has 96 valence electrons. The first-order valence-corrected chi connectivity index (χ1v) is 5.99. The summed E-state index contributed by atoms with van der Waals surface area (Å²) in [7, 11) is 1.81. The summed E-state index contributed by atoms with van der Waals surface area (Å²) in [5.41, 5.74) is 0. The van der Waals surface area contributed by atoms with Crippen molar-refractivity contribution in [1.29, 1.82) is 0 Å². The summed E-state index contributed by atoms with van der Waals surface area (Å²) < 4.78 is 7.13. The first-order chi connectivity index (χ1) is 8.15. The van der Waals surface area contributed by atoms with E-state index in [0.717, 1.165) is 19.5 Å². The fourth-order valence-corrected chi connectivity index (χ4v) is 1.64. The Morgan fingerprint density at radius 2 is 2.35 bits per heavy atom. The fourth-order valence-electron chi connectivity index (χ4n) is 1.64. The van der Waals surface area contributed by atoms with E-state index in [1.165, 1.54) is 0 Å². The highest BCUT2D eigenvalue weighted by Gasteiger charge is 2.16. The van der Waals surface area contributed by atoms with Crippen LogP contribution in [0.15, 0.2) is 18.5 Å². The summed E-state index contributed by atoms with van der Waals surface area (Å²) >= 11 is 0. The van der Waals surface area contributed by atoms with Crippen LogP contribution < -0.4 is 0 Å². The van der Waals surface area contributed by atoms with Crippen LogP contribution in [0, 0.1) is 0 Å². The van der Waals surface area contributed by atoms with Gasteiger partial charge in [-0.05, 0) is 26.3 Å². The van der Waals surface area contributed by atoms with Crippen molar-refractivity contribution in [2.24, 2.45) is 0 Å². The predicted octanol–water partition coefficient (Wildman–Crippen LogP) is 1.16. The number of nitrogens with zero attached hydrogens (tertiary/aromatic N) is 3. The third kappa shape index (κ3) is 4.56. The lowest BCUT2D eigenvalue weighted by Crippen LogP contribution is -2.37. The topological polar surface area (TPSA) is 47.4 Å². The minimum atomic E-state index is -0.352. The average molecular weight is 239 g/mol. The van der Waals surface area contributed by atoms with Crippen LogP contribution in [0.25, 0.3) is 0 Å². The third-order valence-corrected chi connectivity index (χ3v) is 2.58. The molecule has 0 aliphatic carbocycles. The predicted molar refractivity (Wildman–Crippen MR) is 65.6 cm³/mol. The number of rotatable bonds is 7. The molecule has 0 aromatic carbocycles. The molecular weight excluding hydrogens is 218 g/mol. The minimum Gasteiger partial charge on any atom is -0.369 e. The van der Waals surface area contributed by atoms with E-state index in [2.05, 4.69) is 5.10 Å². The Bertz CT molecular complexity index is 325. The standard InChI is InChI=1S/C12H21N3O2/c1-4-17-11(2)12(16)14(3)8-6-10-15-9-5-7-13-15/h5,7,9,11H,4,6,8,10H2,1-3H3/t11-/m1/s1. The van der Waals surface area contributed by atoms with Gasteiger partial charge in [-0.3, -0.25) is 9.48 Å². The average Bonchev–Trinajstić information content (AvgIpc) is 2.81. The van der Waals surface area contributed by atoms with Gasteiger partial charge >= 0.3 is 0 Å². The van der Waals surface area contributed by atoms with Crippen molar-refractivity contribution in [3.8, 4) is 0 Å². The van der Waals surface area contributed by atoms with E-state index in [9.17, 15) is 4.79 Å². The second-order valence-electron chi connectivity index (χ2n) is 3.98. The number of carbonyl (C=O) groups is 1. The van der Waals surface area contributed by atoms with Gasteiger partial charge < -0.3 is 9.64 Å². The van der Waals surface area contributed by atoms with Crippen LogP contribution in [0.2, 0.25) is 0 Å². The van der Waals surface area contributed by atoms with Gasteiger partial charge in [-0.15, -0.1) is 0 Å². The Labute approximate surface area is 102 Å². The van der Waals surface area contributed by atoms with E-state index in [1.54, 1.807) is 25.1 Å². The molecule has 0 aliphatic heterocycles. The molecule has 1 atom stereocenters. The Balaban J connectivity index is 2.24. The number of likely N-dealkylation sites (N-methyl/N-ethyl adjacent to an activating group) is 1. The largest absolute Gasteiger partial charge is 0.369 e. The lowest BCUT2D eigenvalue weighted by Gasteiger charge is -2.21. The van der Waals surface area contributed by atoms with Crippen molar-refractivity contribution in [2.45, 2.75) is 32.9 Å². The molecule has 0 radical (unpaired) electrons. The number of ether oxygens (including phenoxy) is 1. The van der Waals surface area contributed by atoms with E-state index in [0.29, 0.717) is 6.61 Å². The number of aryl methyl sites for hydroxylation is 1. The maximum absolute atomic E-state index is 11.8. The van der Waals surface area contributed by atoms with Crippen LogP contribution in [0.3, 0.4) is 0 Å². The normalized spacial score (nSPS) is 12.4. The fraction of sp³-hybridized carbons (Fsp3) is 0.667. The molecule has 5 nitrogen and oxygen atoms in total. The summed E-state index contributed by atoms with van der Waals surface area (Å²) in [5, 5.41) is 4.11. The maximum atomic E-state index is 11.8. The number of amides is 1. The molecule has 0 N–H and O–H groups in total. The van der Waals surface area contributed by atoms with Gasteiger partial charge in [-0.2, -0.15) is 5.10 Å². The lowest BCUT2D eigenvalue weighted by atomic mass is 10.3. The molecule has 1 amide bonds. The van der Waals surface area contributed by atoms with Gasteiger partial charge in [0.25, 0.3) is 5.91 Å². The molecule has 1 aromatic rings. The molecule has 5 heteroatoms. The highest BCUT2D eigenvalue weighted by Crippen LogP contribution is 1.99. The molecule has 0 spiro atoms. The van der Waals surface area contributed by atoms with Gasteiger partial charge in [0, 0.05) is 39.1 Å². The zero-order chi connectivity index (χ0) is 12.7. The molecule has 0 fully saturated rings. The van der Waals surface area contributed by atoms with Crippen LogP contribution in [-0.2, 0) is 16.1 Å². The zero-order valence-corrected chi connectivity index (χ0v) is 10.8. The lowest BCUT2D eigenvalue weighted by molar-refractivity contribution is -0.141. The summed E-state index contributed by atoms with van der Waals surface area (Å²) in [6, 6.07) is 1.89. The van der Waals surface area contributed by atoms with Crippen molar-refractivity contribution >= 4 is 5.91 Å². The van der Waals surface area contributed by atoms with Crippen LogP contribution in [0.4, 0.5) is 0 Å². The van der Waals surface area contributed by atoms with Crippen molar-refractivity contribution in [3.63, 3.8) is 0 Å². The van der Waals surface area contributed by atoms with Crippen molar-refractivity contribution in [2.75, 3.05) is 20.2 Å². The number of carbonyl (C=O) groups excluding carboxylic acids is 1. The van der Waals surface area contributed by atoms with E-state index in [1.807, 2.05) is 23.9 Å². The highest BCUT2D eigenvalue weighted by atomic mass is 16.5. The van der Waals surface area contributed by atoms with Gasteiger partial charge in [0.2, 0.25) is 0 Å². The second-order valence-corrected chi connectivity index (χ2v) is 3.98. The van der Waals surface area contributed by atoms with Crippen molar-refractivity contribution in [3.05, 3.63) is 18.5 Å². The Kier molecular flexibility index (Phi) is 5.69. The Morgan fingerprint density at radius 1 is 1.59 bits per heavy atom. The van der Waals surface area contributed by atoms with Gasteiger partial charge in [-0.25, -0.2) is 0 Å². The van der Waals surface area contributed by atoms with Gasteiger partial charge in [-0.1, -0.05) is 0 Å². The van der Waals surface area contributed by atoms with E-state index in [-0.39, 0.29) is 12.0 Å². The molecule has 0 aliphatic rings.